The Hall–Kier alpha value is -4.91. The van der Waals surface area contributed by atoms with Crippen molar-refractivity contribution in [2.75, 3.05) is 38.3 Å². The second-order valence-electron chi connectivity index (χ2n) is 13.4. The van der Waals surface area contributed by atoms with Crippen LogP contribution in [0.3, 0.4) is 0 Å². The Morgan fingerprint density at radius 2 is 1.61 bits per heavy atom. The molecule has 0 aliphatic carbocycles. The zero-order valence-electron chi connectivity index (χ0n) is 30.4. The summed E-state index contributed by atoms with van der Waals surface area (Å²) in [6.07, 6.45) is 1.52. The molecule has 15 heteroatoms. The van der Waals surface area contributed by atoms with Crippen LogP contribution in [0, 0.1) is 0 Å². The van der Waals surface area contributed by atoms with Gasteiger partial charge < -0.3 is 34.0 Å². The van der Waals surface area contributed by atoms with E-state index in [1.807, 2.05) is 48.5 Å². The topological polar surface area (TPSA) is 141 Å². The molecule has 1 aromatic heterocycles. The molecule has 286 valence electrons. The van der Waals surface area contributed by atoms with Crippen LogP contribution in [0.5, 0.6) is 0 Å². The number of rotatable bonds is 12. The normalized spacial score (nSPS) is 19.3. The first kappa shape index (κ1) is 38.8. The Bertz CT molecular complexity index is 2040. The van der Waals surface area contributed by atoms with E-state index in [1.54, 1.807) is 29.0 Å². The van der Waals surface area contributed by atoms with Gasteiger partial charge in [0, 0.05) is 48.3 Å². The standard InChI is InChI=1S/C39H44F2N5O7P/c1-4-52-54(51,53-5-2)39(40,41)28-16-18-31-27(23-28)24-32(42-31)36(48)43-33-25-45(35(47)22-26-12-8-6-9-13-26)21-20-30-17-19-34(46(30)37(33)49)38(50)44(3)29-14-10-7-11-15-29/h6-16,18,23-24,30,33-34,42H,4-5,17,19-22,25H2,1-3H3,(H,43,48)/t30-,33?,34+/m1/s1. The van der Waals surface area contributed by atoms with E-state index in [0.29, 0.717) is 37.0 Å². The average molecular weight is 764 g/mol. The van der Waals surface area contributed by atoms with Crippen molar-refractivity contribution in [2.45, 2.75) is 63.3 Å². The van der Waals surface area contributed by atoms with E-state index < -0.39 is 42.7 Å². The van der Waals surface area contributed by atoms with Crippen LogP contribution in [-0.2, 0) is 40.1 Å². The number of aromatic amines is 1. The summed E-state index contributed by atoms with van der Waals surface area (Å²) < 4.78 is 54.1. The quantitative estimate of drug-likeness (QED) is 0.167. The zero-order chi connectivity index (χ0) is 38.6. The number of hydrogen-bond donors (Lipinski definition) is 2. The number of carbonyl (C=O) groups excluding carboxylic acids is 4. The molecule has 0 radical (unpaired) electrons. The maximum atomic E-state index is 15.6. The van der Waals surface area contributed by atoms with Gasteiger partial charge in [-0.3, -0.25) is 23.7 Å². The number of halogens is 2. The molecule has 4 amide bonds. The summed E-state index contributed by atoms with van der Waals surface area (Å²) in [7, 11) is -3.22. The van der Waals surface area contributed by atoms with Crippen LogP contribution >= 0.6 is 7.60 Å². The number of nitrogens with one attached hydrogen (secondary N) is 2. The van der Waals surface area contributed by atoms with Crippen LogP contribution in [-0.4, -0.2) is 89.9 Å². The van der Waals surface area contributed by atoms with Gasteiger partial charge in [-0.25, -0.2) is 0 Å². The first-order chi connectivity index (χ1) is 25.9. The Balaban J connectivity index is 1.28. The van der Waals surface area contributed by atoms with Crippen LogP contribution in [0.1, 0.15) is 54.7 Å². The van der Waals surface area contributed by atoms with Gasteiger partial charge in [0.25, 0.3) is 5.91 Å². The van der Waals surface area contributed by atoms with Gasteiger partial charge in [-0.1, -0.05) is 54.6 Å². The molecular formula is C39H44F2N5O7P. The zero-order valence-corrected chi connectivity index (χ0v) is 31.3. The molecule has 12 nitrogen and oxygen atoms in total. The van der Waals surface area contributed by atoms with Crippen molar-refractivity contribution in [1.29, 1.82) is 0 Å². The number of alkyl halides is 2. The maximum absolute atomic E-state index is 15.6. The summed E-state index contributed by atoms with van der Waals surface area (Å²) in [4.78, 5) is 63.5. The highest BCUT2D eigenvalue weighted by molar-refractivity contribution is 7.54. The van der Waals surface area contributed by atoms with Crippen molar-refractivity contribution in [1.82, 2.24) is 20.1 Å². The summed E-state index contributed by atoms with van der Waals surface area (Å²) in [5.74, 6) is -1.69. The Morgan fingerprint density at radius 1 is 0.944 bits per heavy atom. The number of H-pyrrole nitrogens is 1. The summed E-state index contributed by atoms with van der Waals surface area (Å²) in [6.45, 7) is 2.53. The van der Waals surface area contributed by atoms with Gasteiger partial charge in [0.05, 0.1) is 19.6 Å². The summed E-state index contributed by atoms with van der Waals surface area (Å²) in [5.41, 5.74) is -2.83. The highest BCUT2D eigenvalue weighted by Gasteiger charge is 2.55. The van der Waals surface area contributed by atoms with Crippen LogP contribution in [0.4, 0.5) is 14.5 Å². The first-order valence-corrected chi connectivity index (χ1v) is 19.6. The number of nitrogens with zero attached hydrogens (tertiary/aromatic N) is 3. The van der Waals surface area contributed by atoms with Gasteiger partial charge in [0.1, 0.15) is 17.8 Å². The van der Waals surface area contributed by atoms with Gasteiger partial charge in [0.2, 0.25) is 17.7 Å². The summed E-state index contributed by atoms with van der Waals surface area (Å²) in [5, 5.41) is 3.00. The monoisotopic (exact) mass is 763 g/mol. The van der Waals surface area contributed by atoms with Crippen molar-refractivity contribution < 1.29 is 41.6 Å². The number of amides is 4. The van der Waals surface area contributed by atoms with Crippen molar-refractivity contribution in [2.24, 2.45) is 0 Å². The van der Waals surface area contributed by atoms with E-state index in [0.717, 1.165) is 17.7 Å². The number of carbonyl (C=O) groups is 4. The van der Waals surface area contributed by atoms with Crippen molar-refractivity contribution >= 4 is 47.8 Å². The minimum atomic E-state index is -4.88. The Kier molecular flexibility index (Phi) is 11.7. The molecule has 3 aromatic carbocycles. The number of para-hydroxylation sites is 1. The lowest BCUT2D eigenvalue weighted by atomic mass is 10.1. The third-order valence-corrected chi connectivity index (χ3v) is 12.1. The van der Waals surface area contributed by atoms with E-state index in [4.69, 9.17) is 9.05 Å². The Morgan fingerprint density at radius 3 is 2.28 bits per heavy atom. The molecule has 6 rings (SSSR count). The molecule has 54 heavy (non-hydrogen) atoms. The van der Waals surface area contributed by atoms with Crippen molar-refractivity contribution in [3.05, 3.63) is 102 Å². The van der Waals surface area contributed by atoms with Crippen molar-refractivity contribution in [3.8, 4) is 0 Å². The minimum Gasteiger partial charge on any atom is -0.351 e. The lowest BCUT2D eigenvalue weighted by molar-refractivity contribution is -0.144. The predicted octanol–water partition coefficient (Wildman–Crippen LogP) is 6.08. The molecule has 0 saturated carbocycles. The molecule has 2 N–H and O–H groups in total. The lowest BCUT2D eigenvalue weighted by Gasteiger charge is -2.39. The van der Waals surface area contributed by atoms with E-state index in [2.05, 4.69) is 10.3 Å². The predicted molar refractivity (Wildman–Crippen MR) is 199 cm³/mol. The number of benzene rings is 3. The van der Waals surface area contributed by atoms with E-state index in [-0.39, 0.29) is 55.1 Å². The van der Waals surface area contributed by atoms with Gasteiger partial charge in [-0.05, 0) is 69.0 Å². The number of fused-ring (bicyclic) bond motifs is 2. The average Bonchev–Trinajstić information content (AvgIpc) is 3.79. The smallest absolute Gasteiger partial charge is 0.351 e. The number of likely N-dealkylation sites (N-methyl/N-ethyl adjacent to an activating group) is 1. The van der Waals surface area contributed by atoms with Gasteiger partial charge >= 0.3 is 13.3 Å². The molecule has 3 atom stereocenters. The minimum absolute atomic E-state index is 0.0327. The molecule has 2 aliphatic heterocycles. The molecule has 4 aromatic rings. The largest absolute Gasteiger partial charge is 0.404 e. The molecular weight excluding hydrogens is 719 g/mol. The molecule has 3 heterocycles. The Labute approximate surface area is 312 Å². The number of hydrogen-bond acceptors (Lipinski definition) is 7. The second-order valence-corrected chi connectivity index (χ2v) is 15.5. The molecule has 2 fully saturated rings. The lowest BCUT2D eigenvalue weighted by Crippen LogP contribution is -2.61. The maximum Gasteiger partial charge on any atom is 0.404 e. The molecule has 2 saturated heterocycles. The van der Waals surface area contributed by atoms with Gasteiger partial charge in [-0.2, -0.15) is 8.78 Å². The molecule has 0 bridgehead atoms. The van der Waals surface area contributed by atoms with Gasteiger partial charge in [0.15, 0.2) is 0 Å². The molecule has 0 spiro atoms. The fourth-order valence-electron chi connectivity index (χ4n) is 7.21. The van der Waals surface area contributed by atoms with E-state index in [9.17, 15) is 23.7 Å². The van der Waals surface area contributed by atoms with Gasteiger partial charge in [-0.15, -0.1) is 0 Å². The first-order valence-electron chi connectivity index (χ1n) is 18.0. The van der Waals surface area contributed by atoms with E-state index >= 15 is 8.78 Å². The van der Waals surface area contributed by atoms with Crippen molar-refractivity contribution in [3.63, 3.8) is 0 Å². The van der Waals surface area contributed by atoms with E-state index in [1.165, 1.54) is 30.9 Å². The third kappa shape index (κ3) is 7.82. The third-order valence-electron chi connectivity index (χ3n) is 9.96. The van der Waals surface area contributed by atoms with Crippen LogP contribution in [0.2, 0.25) is 0 Å². The fraction of sp³-hybridized carbons (Fsp3) is 0.385. The van der Waals surface area contributed by atoms with Crippen LogP contribution in [0.25, 0.3) is 10.9 Å². The highest BCUT2D eigenvalue weighted by Crippen LogP contribution is 2.66. The molecule has 1 unspecified atom stereocenters. The summed E-state index contributed by atoms with van der Waals surface area (Å²) in [6, 6.07) is 20.8. The molecule has 2 aliphatic rings. The number of aromatic nitrogens is 1. The second kappa shape index (κ2) is 16.2. The fourth-order valence-corrected chi connectivity index (χ4v) is 8.74. The number of anilines is 1. The summed E-state index contributed by atoms with van der Waals surface area (Å²) >= 11 is 0. The van der Waals surface area contributed by atoms with Crippen LogP contribution < -0.4 is 10.2 Å². The highest BCUT2D eigenvalue weighted by atomic mass is 31.2. The van der Waals surface area contributed by atoms with Crippen LogP contribution in [0.15, 0.2) is 84.9 Å². The SMILES string of the molecule is CCOP(=O)(OCC)C(F)(F)c1ccc2[nH]c(C(=O)NC3CN(C(=O)Cc4ccccc4)CC[C@H]4CC[C@@H](C(=O)N(C)c5ccccc5)N4C3=O)cc2c1.